The zero-order valence-corrected chi connectivity index (χ0v) is 11.7. The second-order valence-electron chi connectivity index (χ2n) is 4.54. The van der Waals surface area contributed by atoms with Gasteiger partial charge >= 0.3 is 0 Å². The number of carbonyl (C=O) groups is 2. The van der Waals surface area contributed by atoms with Crippen molar-refractivity contribution in [3.05, 3.63) is 10.4 Å². The lowest BCUT2D eigenvalue weighted by atomic mass is 10.2. The molecule has 2 heterocycles. The SMILES string of the molecule is CC(=O)c1sc(N2CCCNCC2)c(C(N)=O)c1N. The maximum Gasteiger partial charge on any atom is 0.253 e. The van der Waals surface area contributed by atoms with E-state index in [0.29, 0.717) is 4.88 Å². The molecule has 6 nitrogen and oxygen atoms in total. The molecule has 5 N–H and O–H groups in total. The van der Waals surface area contributed by atoms with Gasteiger partial charge in [0.15, 0.2) is 5.78 Å². The average molecular weight is 282 g/mol. The molecular weight excluding hydrogens is 264 g/mol. The molecule has 0 saturated carbocycles. The number of thiophene rings is 1. The maximum atomic E-state index is 11.6. The molecule has 1 aliphatic heterocycles. The summed E-state index contributed by atoms with van der Waals surface area (Å²) < 4.78 is 0. The Hall–Kier alpha value is -1.60. The fourth-order valence-electron chi connectivity index (χ4n) is 2.20. The van der Waals surface area contributed by atoms with E-state index in [1.54, 1.807) is 0 Å². The van der Waals surface area contributed by atoms with Crippen LogP contribution in [0.4, 0.5) is 10.7 Å². The smallest absolute Gasteiger partial charge is 0.253 e. The fraction of sp³-hybridized carbons (Fsp3) is 0.500. The summed E-state index contributed by atoms with van der Waals surface area (Å²) in [5, 5.41) is 4.01. The largest absolute Gasteiger partial charge is 0.397 e. The van der Waals surface area contributed by atoms with Gasteiger partial charge in [0, 0.05) is 26.6 Å². The quantitative estimate of drug-likeness (QED) is 0.698. The van der Waals surface area contributed by atoms with Crippen LogP contribution < -0.4 is 21.7 Å². The Bertz CT molecular complexity index is 504. The van der Waals surface area contributed by atoms with Crippen molar-refractivity contribution in [2.45, 2.75) is 13.3 Å². The fourth-order valence-corrected chi connectivity index (χ4v) is 3.38. The molecule has 0 aromatic carbocycles. The maximum absolute atomic E-state index is 11.6. The van der Waals surface area contributed by atoms with E-state index >= 15 is 0 Å². The third-order valence-electron chi connectivity index (χ3n) is 3.12. The summed E-state index contributed by atoms with van der Waals surface area (Å²) in [6.07, 6.45) is 0.978. The Labute approximate surface area is 115 Å². The van der Waals surface area contributed by atoms with Crippen LogP contribution in [0.3, 0.4) is 0 Å². The lowest BCUT2D eigenvalue weighted by Gasteiger charge is -2.21. The van der Waals surface area contributed by atoms with Crippen LogP contribution in [0, 0.1) is 0 Å². The first-order valence-corrected chi connectivity index (χ1v) is 7.02. The molecule has 1 aromatic rings. The van der Waals surface area contributed by atoms with E-state index < -0.39 is 5.91 Å². The number of nitrogen functional groups attached to an aromatic ring is 1. The Balaban J connectivity index is 2.45. The summed E-state index contributed by atoms with van der Waals surface area (Å²) in [6.45, 7) is 4.83. The predicted octanol–water partition coefficient (Wildman–Crippen LogP) is 0.431. The van der Waals surface area contributed by atoms with Gasteiger partial charge in [0.1, 0.15) is 5.00 Å². The monoisotopic (exact) mass is 282 g/mol. The first-order chi connectivity index (χ1) is 9.02. The van der Waals surface area contributed by atoms with Crippen LogP contribution >= 0.6 is 11.3 Å². The number of rotatable bonds is 3. The van der Waals surface area contributed by atoms with Gasteiger partial charge in [-0.15, -0.1) is 11.3 Å². The molecular formula is C12H18N4O2S. The summed E-state index contributed by atoms with van der Waals surface area (Å²) in [5.74, 6) is -0.711. The minimum absolute atomic E-state index is 0.135. The molecule has 0 radical (unpaired) electrons. The standard InChI is InChI=1S/C12H18N4O2S/c1-7(17)10-9(13)8(11(14)18)12(19-10)16-5-2-3-15-4-6-16/h15H,2-6,13H2,1H3,(H2,14,18). The van der Waals surface area contributed by atoms with Crippen LogP contribution in [0.15, 0.2) is 0 Å². The van der Waals surface area contributed by atoms with Crippen molar-refractivity contribution in [1.82, 2.24) is 5.32 Å². The zero-order valence-electron chi connectivity index (χ0n) is 10.9. The van der Waals surface area contributed by atoms with Gasteiger partial charge in [-0.25, -0.2) is 0 Å². The van der Waals surface area contributed by atoms with E-state index in [4.69, 9.17) is 11.5 Å². The van der Waals surface area contributed by atoms with Gasteiger partial charge < -0.3 is 21.7 Å². The molecule has 7 heteroatoms. The molecule has 0 spiro atoms. The van der Waals surface area contributed by atoms with Crippen molar-refractivity contribution in [3.8, 4) is 0 Å². The molecule has 104 valence electrons. The van der Waals surface area contributed by atoms with Gasteiger partial charge in [-0.2, -0.15) is 0 Å². The molecule has 0 bridgehead atoms. The highest BCUT2D eigenvalue weighted by atomic mass is 32.1. The zero-order chi connectivity index (χ0) is 14.0. The number of anilines is 2. The molecule has 1 fully saturated rings. The van der Waals surface area contributed by atoms with Gasteiger partial charge in [0.25, 0.3) is 5.91 Å². The van der Waals surface area contributed by atoms with Crippen molar-refractivity contribution in [1.29, 1.82) is 0 Å². The summed E-state index contributed by atoms with van der Waals surface area (Å²) in [5.41, 5.74) is 11.8. The molecule has 1 amide bonds. The van der Waals surface area contributed by atoms with Gasteiger partial charge in [0.2, 0.25) is 0 Å². The molecule has 2 rings (SSSR count). The van der Waals surface area contributed by atoms with Crippen molar-refractivity contribution in [2.24, 2.45) is 5.73 Å². The Morgan fingerprint density at radius 3 is 2.68 bits per heavy atom. The second kappa shape index (κ2) is 5.58. The van der Waals surface area contributed by atoms with Crippen LogP contribution in [0.1, 0.15) is 33.4 Å². The summed E-state index contributed by atoms with van der Waals surface area (Å²) in [6, 6.07) is 0. The highest BCUT2D eigenvalue weighted by molar-refractivity contribution is 7.19. The number of primary amides is 1. The summed E-state index contributed by atoms with van der Waals surface area (Å²) in [7, 11) is 0. The molecule has 19 heavy (non-hydrogen) atoms. The normalized spacial score (nSPS) is 16.2. The topological polar surface area (TPSA) is 101 Å². The van der Waals surface area contributed by atoms with Crippen LogP contribution in [-0.4, -0.2) is 37.9 Å². The van der Waals surface area contributed by atoms with Gasteiger partial charge in [-0.3, -0.25) is 9.59 Å². The lowest BCUT2D eigenvalue weighted by molar-refractivity contribution is 0.100. The van der Waals surface area contributed by atoms with Crippen LogP contribution in [0.25, 0.3) is 0 Å². The van der Waals surface area contributed by atoms with Crippen molar-refractivity contribution < 1.29 is 9.59 Å². The average Bonchev–Trinajstić information content (AvgIpc) is 2.53. The number of nitrogens with one attached hydrogen (secondary N) is 1. The van der Waals surface area contributed by atoms with E-state index in [-0.39, 0.29) is 17.0 Å². The first kappa shape index (κ1) is 13.8. The minimum atomic E-state index is -0.576. The molecule has 0 unspecified atom stereocenters. The Kier molecular flexibility index (Phi) is 4.06. The third kappa shape index (κ3) is 2.71. The van der Waals surface area contributed by atoms with Crippen molar-refractivity contribution in [3.63, 3.8) is 0 Å². The predicted molar refractivity (Wildman–Crippen MR) is 77.0 cm³/mol. The van der Waals surface area contributed by atoms with Crippen molar-refractivity contribution in [2.75, 3.05) is 36.8 Å². The molecule has 0 atom stereocenters. The van der Waals surface area contributed by atoms with E-state index in [1.165, 1.54) is 18.3 Å². The van der Waals surface area contributed by atoms with E-state index in [2.05, 4.69) is 10.2 Å². The molecule has 1 saturated heterocycles. The number of Topliss-reactive ketones (excluding diaryl/α,β-unsaturated/α-hetero) is 1. The first-order valence-electron chi connectivity index (χ1n) is 6.21. The number of amides is 1. The van der Waals surface area contributed by atoms with E-state index in [0.717, 1.165) is 37.6 Å². The number of hydrogen-bond donors (Lipinski definition) is 3. The Morgan fingerprint density at radius 2 is 2.05 bits per heavy atom. The molecule has 0 aliphatic carbocycles. The number of carbonyl (C=O) groups excluding carboxylic acids is 2. The van der Waals surface area contributed by atoms with Crippen LogP contribution in [0.5, 0.6) is 0 Å². The number of nitrogens with zero attached hydrogens (tertiary/aromatic N) is 1. The van der Waals surface area contributed by atoms with E-state index in [9.17, 15) is 9.59 Å². The van der Waals surface area contributed by atoms with E-state index in [1.807, 2.05) is 0 Å². The number of hydrogen-bond acceptors (Lipinski definition) is 6. The van der Waals surface area contributed by atoms with Gasteiger partial charge in [-0.1, -0.05) is 0 Å². The molecule has 1 aliphatic rings. The van der Waals surface area contributed by atoms with Gasteiger partial charge in [-0.05, 0) is 13.0 Å². The lowest BCUT2D eigenvalue weighted by Crippen LogP contribution is -2.29. The highest BCUT2D eigenvalue weighted by Crippen LogP contribution is 2.38. The Morgan fingerprint density at radius 1 is 1.32 bits per heavy atom. The highest BCUT2D eigenvalue weighted by Gasteiger charge is 2.26. The minimum Gasteiger partial charge on any atom is -0.397 e. The second-order valence-corrected chi connectivity index (χ2v) is 5.54. The van der Waals surface area contributed by atoms with Crippen molar-refractivity contribution >= 4 is 33.7 Å². The third-order valence-corrected chi connectivity index (χ3v) is 4.49. The van der Waals surface area contributed by atoms with Crippen LogP contribution in [-0.2, 0) is 0 Å². The van der Waals surface area contributed by atoms with Gasteiger partial charge in [0.05, 0.1) is 16.1 Å². The molecule has 1 aromatic heterocycles. The summed E-state index contributed by atoms with van der Waals surface area (Å²) >= 11 is 1.26. The summed E-state index contributed by atoms with van der Waals surface area (Å²) in [4.78, 5) is 25.6. The van der Waals surface area contributed by atoms with Crippen LogP contribution in [0.2, 0.25) is 0 Å². The number of ketones is 1. The number of nitrogens with two attached hydrogens (primary N) is 2.